The smallest absolute Gasteiger partial charge is 0.307 e. The second-order valence-corrected chi connectivity index (χ2v) is 7.71. The van der Waals surface area contributed by atoms with Crippen molar-refractivity contribution in [1.82, 2.24) is 4.90 Å². The average Bonchev–Trinajstić information content (AvgIpc) is 3.29. The summed E-state index contributed by atoms with van der Waals surface area (Å²) < 4.78 is 5.44. The van der Waals surface area contributed by atoms with E-state index in [2.05, 4.69) is 4.90 Å². The first kappa shape index (κ1) is 17.2. The number of benzene rings is 1. The molecule has 1 heterocycles. The Morgan fingerprint density at radius 3 is 2.35 bits per heavy atom. The minimum absolute atomic E-state index is 0.0595. The number of carbonyl (C=O) groups excluding carboxylic acids is 1. The lowest BCUT2D eigenvalue weighted by Gasteiger charge is -2.39. The third-order valence-electron chi connectivity index (χ3n) is 6.50. The van der Waals surface area contributed by atoms with Gasteiger partial charge < -0.3 is 19.6 Å². The third-order valence-corrected chi connectivity index (χ3v) is 6.50. The van der Waals surface area contributed by atoms with Gasteiger partial charge in [-0.1, -0.05) is 12.1 Å². The summed E-state index contributed by atoms with van der Waals surface area (Å²) in [6.45, 7) is 2.75. The SMILES string of the molecule is COc1ccccc1N1CCN(C(=O)[C@H]2[C@@H]3CC[C@H](C3)[C@@H]2C(=O)O)CC1. The van der Waals surface area contributed by atoms with Gasteiger partial charge in [-0.15, -0.1) is 0 Å². The predicted molar refractivity (Wildman–Crippen MR) is 97.2 cm³/mol. The highest BCUT2D eigenvalue weighted by Gasteiger charge is 2.54. The van der Waals surface area contributed by atoms with Crippen molar-refractivity contribution >= 4 is 17.6 Å². The van der Waals surface area contributed by atoms with Crippen LogP contribution < -0.4 is 9.64 Å². The Kier molecular flexibility index (Phi) is 4.51. The van der Waals surface area contributed by atoms with Crippen LogP contribution in [0.1, 0.15) is 19.3 Å². The lowest BCUT2D eigenvalue weighted by Crippen LogP contribution is -2.52. The van der Waals surface area contributed by atoms with Crippen molar-refractivity contribution in [1.29, 1.82) is 0 Å². The number of carboxylic acid groups (broad SMARTS) is 1. The van der Waals surface area contributed by atoms with Gasteiger partial charge in [-0.25, -0.2) is 0 Å². The van der Waals surface area contributed by atoms with Crippen LogP contribution in [0.3, 0.4) is 0 Å². The molecule has 0 spiro atoms. The number of para-hydroxylation sites is 2. The van der Waals surface area contributed by atoms with Gasteiger partial charge in [-0.2, -0.15) is 0 Å². The molecule has 1 saturated heterocycles. The molecule has 3 aliphatic rings. The summed E-state index contributed by atoms with van der Waals surface area (Å²) in [7, 11) is 1.67. The summed E-state index contributed by atoms with van der Waals surface area (Å²) in [6.07, 6.45) is 2.88. The third kappa shape index (κ3) is 2.81. The van der Waals surface area contributed by atoms with Crippen LogP contribution in [0.15, 0.2) is 24.3 Å². The van der Waals surface area contributed by atoms with Crippen molar-refractivity contribution in [3.8, 4) is 5.75 Å². The number of hydrogen-bond donors (Lipinski definition) is 1. The molecule has 0 unspecified atom stereocenters. The maximum Gasteiger partial charge on any atom is 0.307 e. The molecule has 4 rings (SSSR count). The average molecular weight is 358 g/mol. The Morgan fingerprint density at radius 1 is 1.04 bits per heavy atom. The van der Waals surface area contributed by atoms with Gasteiger partial charge >= 0.3 is 5.97 Å². The molecule has 1 aromatic rings. The van der Waals surface area contributed by atoms with Crippen LogP contribution in [-0.2, 0) is 9.59 Å². The molecule has 2 aliphatic carbocycles. The second-order valence-electron chi connectivity index (χ2n) is 7.71. The topological polar surface area (TPSA) is 70.1 Å². The summed E-state index contributed by atoms with van der Waals surface area (Å²) >= 11 is 0. The highest BCUT2D eigenvalue weighted by atomic mass is 16.5. The van der Waals surface area contributed by atoms with Crippen molar-refractivity contribution < 1.29 is 19.4 Å². The quantitative estimate of drug-likeness (QED) is 0.892. The van der Waals surface area contributed by atoms with Crippen molar-refractivity contribution in [2.45, 2.75) is 19.3 Å². The zero-order chi connectivity index (χ0) is 18.3. The van der Waals surface area contributed by atoms with Gasteiger partial charge in [0.1, 0.15) is 5.75 Å². The molecule has 0 aromatic heterocycles. The van der Waals surface area contributed by atoms with E-state index in [0.717, 1.165) is 43.8 Å². The molecule has 2 bridgehead atoms. The molecular weight excluding hydrogens is 332 g/mol. The Labute approximate surface area is 153 Å². The zero-order valence-electron chi connectivity index (χ0n) is 15.1. The largest absolute Gasteiger partial charge is 0.495 e. The van der Waals surface area contributed by atoms with E-state index in [4.69, 9.17) is 4.74 Å². The molecule has 4 atom stereocenters. The molecule has 1 aromatic carbocycles. The Morgan fingerprint density at radius 2 is 1.69 bits per heavy atom. The maximum absolute atomic E-state index is 13.1. The van der Waals surface area contributed by atoms with Crippen LogP contribution in [0.4, 0.5) is 5.69 Å². The van der Waals surface area contributed by atoms with E-state index in [1.165, 1.54) is 0 Å². The fourth-order valence-electron chi connectivity index (χ4n) is 5.27. The number of anilines is 1. The Balaban J connectivity index is 1.43. The molecule has 6 nitrogen and oxygen atoms in total. The summed E-state index contributed by atoms with van der Waals surface area (Å²) in [6, 6.07) is 7.91. The van der Waals surface area contributed by atoms with Gasteiger partial charge in [0.05, 0.1) is 24.6 Å². The second kappa shape index (κ2) is 6.82. The van der Waals surface area contributed by atoms with Crippen LogP contribution in [0, 0.1) is 23.7 Å². The molecule has 3 fully saturated rings. The number of hydrogen-bond acceptors (Lipinski definition) is 4. The highest BCUT2D eigenvalue weighted by molar-refractivity contribution is 5.86. The first-order valence-electron chi connectivity index (χ1n) is 9.49. The van der Waals surface area contributed by atoms with E-state index in [1.54, 1.807) is 7.11 Å². The summed E-state index contributed by atoms with van der Waals surface area (Å²) in [5, 5.41) is 9.61. The van der Waals surface area contributed by atoms with E-state index in [-0.39, 0.29) is 23.7 Å². The number of piperazine rings is 1. The minimum atomic E-state index is -0.789. The van der Waals surface area contributed by atoms with Crippen LogP contribution in [0.5, 0.6) is 5.75 Å². The van der Waals surface area contributed by atoms with Gasteiger partial charge in [0.2, 0.25) is 5.91 Å². The van der Waals surface area contributed by atoms with Crippen molar-refractivity contribution in [2.24, 2.45) is 23.7 Å². The number of nitrogens with zero attached hydrogens (tertiary/aromatic N) is 2. The Hall–Kier alpha value is -2.24. The highest BCUT2D eigenvalue weighted by Crippen LogP contribution is 2.53. The summed E-state index contributed by atoms with van der Waals surface area (Å²) in [5.74, 6) is -0.224. The lowest BCUT2D eigenvalue weighted by molar-refractivity contribution is -0.153. The summed E-state index contributed by atoms with van der Waals surface area (Å²) in [4.78, 5) is 28.9. The predicted octanol–water partition coefficient (Wildman–Crippen LogP) is 2.09. The first-order valence-corrected chi connectivity index (χ1v) is 9.49. The van der Waals surface area contributed by atoms with Gasteiger partial charge in [0, 0.05) is 26.2 Å². The van der Waals surface area contributed by atoms with E-state index in [0.29, 0.717) is 13.1 Å². The van der Waals surface area contributed by atoms with Gasteiger partial charge in [-0.3, -0.25) is 9.59 Å². The molecular formula is C20H26N2O4. The molecule has 26 heavy (non-hydrogen) atoms. The van der Waals surface area contributed by atoms with E-state index < -0.39 is 11.9 Å². The molecule has 2 saturated carbocycles. The van der Waals surface area contributed by atoms with E-state index >= 15 is 0 Å². The van der Waals surface area contributed by atoms with Crippen molar-refractivity contribution in [3.05, 3.63) is 24.3 Å². The van der Waals surface area contributed by atoms with E-state index in [1.807, 2.05) is 29.2 Å². The Bertz CT molecular complexity index is 699. The molecule has 1 amide bonds. The standard InChI is InChI=1S/C20H26N2O4/c1-26-16-5-3-2-4-15(16)21-8-10-22(11-9-21)19(23)17-13-6-7-14(12-13)18(17)20(24)25/h2-5,13-14,17-18H,6-12H2,1H3,(H,24,25)/t13-,14-,17+,18+/m1/s1. The fourth-order valence-corrected chi connectivity index (χ4v) is 5.27. The number of amides is 1. The number of rotatable bonds is 4. The van der Waals surface area contributed by atoms with E-state index in [9.17, 15) is 14.7 Å². The number of aliphatic carboxylic acids is 1. The number of carbonyl (C=O) groups is 2. The lowest BCUT2D eigenvalue weighted by atomic mass is 9.78. The number of fused-ring (bicyclic) bond motifs is 2. The monoisotopic (exact) mass is 358 g/mol. The molecule has 0 radical (unpaired) electrons. The van der Waals surface area contributed by atoms with Crippen molar-refractivity contribution in [3.63, 3.8) is 0 Å². The minimum Gasteiger partial charge on any atom is -0.495 e. The molecule has 6 heteroatoms. The molecule has 1 N–H and O–H groups in total. The van der Waals surface area contributed by atoms with Crippen LogP contribution in [0.25, 0.3) is 0 Å². The normalized spacial score (nSPS) is 30.5. The molecule has 1 aliphatic heterocycles. The van der Waals surface area contributed by atoms with Crippen molar-refractivity contribution in [2.75, 3.05) is 38.2 Å². The fraction of sp³-hybridized carbons (Fsp3) is 0.600. The van der Waals surface area contributed by atoms with Crippen LogP contribution >= 0.6 is 0 Å². The first-order chi connectivity index (χ1) is 12.6. The molecule has 140 valence electrons. The van der Waals surface area contributed by atoms with Crippen LogP contribution in [-0.4, -0.2) is 55.2 Å². The zero-order valence-corrected chi connectivity index (χ0v) is 15.1. The summed E-state index contributed by atoms with van der Waals surface area (Å²) in [5.41, 5.74) is 1.05. The number of ether oxygens (including phenoxy) is 1. The van der Waals surface area contributed by atoms with Gasteiger partial charge in [0.15, 0.2) is 0 Å². The van der Waals surface area contributed by atoms with Gasteiger partial charge in [-0.05, 0) is 43.2 Å². The number of carboxylic acids is 1. The number of methoxy groups -OCH3 is 1. The van der Waals surface area contributed by atoms with Crippen LogP contribution in [0.2, 0.25) is 0 Å². The van der Waals surface area contributed by atoms with Gasteiger partial charge in [0.25, 0.3) is 0 Å². The maximum atomic E-state index is 13.1.